The van der Waals surface area contributed by atoms with E-state index >= 15 is 0 Å². The average Bonchev–Trinajstić information content (AvgIpc) is 3.15. The lowest BCUT2D eigenvalue weighted by Crippen LogP contribution is -2.39. The Bertz CT molecular complexity index is 370. The minimum Gasteiger partial charge on any atom is -0.464 e. The lowest BCUT2D eigenvalue weighted by molar-refractivity contribution is -0.186. The first-order valence-corrected chi connectivity index (χ1v) is 8.81. The Kier molecular flexibility index (Phi) is 6.84. The Labute approximate surface area is 137 Å². The number of ether oxygens (including phenoxy) is 4. The van der Waals surface area contributed by atoms with Crippen molar-refractivity contribution in [3.63, 3.8) is 0 Å². The van der Waals surface area contributed by atoms with Crippen molar-refractivity contribution in [2.45, 2.75) is 83.2 Å². The summed E-state index contributed by atoms with van der Waals surface area (Å²) in [5.41, 5.74) is 0. The second-order valence-electron chi connectivity index (χ2n) is 6.24. The molecule has 0 bridgehead atoms. The van der Waals surface area contributed by atoms with E-state index in [0.29, 0.717) is 26.1 Å². The minimum absolute atomic E-state index is 0.333. The van der Waals surface area contributed by atoms with E-state index in [2.05, 4.69) is 0 Å². The van der Waals surface area contributed by atoms with E-state index in [1.54, 1.807) is 0 Å². The molecule has 1 aliphatic carbocycles. The van der Waals surface area contributed by atoms with Gasteiger partial charge in [0.2, 0.25) is 0 Å². The highest BCUT2D eigenvalue weighted by Gasteiger charge is 2.55. The van der Waals surface area contributed by atoms with Crippen LogP contribution >= 0.6 is 0 Å². The van der Waals surface area contributed by atoms with Crippen molar-refractivity contribution in [3.8, 4) is 0 Å². The summed E-state index contributed by atoms with van der Waals surface area (Å²) < 4.78 is 22.1. The SMILES string of the molecule is CCCCOC(=O)[C@H]1OC2(CCCC2)O[C@H]1C(=O)OCCCC. The lowest BCUT2D eigenvalue weighted by atomic mass is 10.2. The molecule has 1 saturated heterocycles. The van der Waals surface area contributed by atoms with Gasteiger partial charge in [0, 0.05) is 12.8 Å². The summed E-state index contributed by atoms with van der Waals surface area (Å²) in [6.07, 6.45) is 4.74. The van der Waals surface area contributed by atoms with Crippen molar-refractivity contribution >= 4 is 11.9 Å². The van der Waals surface area contributed by atoms with Gasteiger partial charge in [-0.1, -0.05) is 26.7 Å². The van der Waals surface area contributed by atoms with Gasteiger partial charge in [-0.3, -0.25) is 0 Å². The summed E-state index contributed by atoms with van der Waals surface area (Å²) in [5.74, 6) is -1.87. The second-order valence-corrected chi connectivity index (χ2v) is 6.24. The molecule has 1 aliphatic heterocycles. The summed E-state index contributed by atoms with van der Waals surface area (Å²) >= 11 is 0. The minimum atomic E-state index is -1.01. The molecule has 0 aromatic rings. The third kappa shape index (κ3) is 4.67. The Balaban J connectivity index is 1.99. The smallest absolute Gasteiger partial charge is 0.338 e. The van der Waals surface area contributed by atoms with Crippen LogP contribution in [0.5, 0.6) is 0 Å². The van der Waals surface area contributed by atoms with Crippen molar-refractivity contribution < 1.29 is 28.5 Å². The molecule has 2 atom stereocenters. The van der Waals surface area contributed by atoms with Crippen molar-refractivity contribution in [2.75, 3.05) is 13.2 Å². The Morgan fingerprint density at radius 1 is 0.913 bits per heavy atom. The molecule has 1 heterocycles. The van der Waals surface area contributed by atoms with Gasteiger partial charge in [-0.15, -0.1) is 0 Å². The predicted octanol–water partition coefficient (Wildman–Crippen LogP) is 2.73. The highest BCUT2D eigenvalue weighted by molar-refractivity contribution is 5.86. The summed E-state index contributed by atoms with van der Waals surface area (Å²) in [6.45, 7) is 4.70. The van der Waals surface area contributed by atoms with Crippen LogP contribution < -0.4 is 0 Å². The Morgan fingerprint density at radius 3 is 1.74 bits per heavy atom. The van der Waals surface area contributed by atoms with Gasteiger partial charge in [-0.2, -0.15) is 0 Å². The molecule has 0 amide bonds. The van der Waals surface area contributed by atoms with Gasteiger partial charge in [0.05, 0.1) is 13.2 Å². The number of unbranched alkanes of at least 4 members (excludes halogenated alkanes) is 2. The molecular formula is C17H28O6. The molecule has 23 heavy (non-hydrogen) atoms. The molecular weight excluding hydrogens is 300 g/mol. The zero-order chi connectivity index (χ0) is 16.7. The predicted molar refractivity (Wildman–Crippen MR) is 82.7 cm³/mol. The molecule has 1 spiro atoms. The van der Waals surface area contributed by atoms with Gasteiger partial charge < -0.3 is 18.9 Å². The quantitative estimate of drug-likeness (QED) is 0.504. The zero-order valence-electron chi connectivity index (χ0n) is 14.2. The Morgan fingerprint density at radius 2 is 1.35 bits per heavy atom. The van der Waals surface area contributed by atoms with E-state index in [9.17, 15) is 9.59 Å². The molecule has 0 unspecified atom stereocenters. The molecule has 0 aromatic carbocycles. The topological polar surface area (TPSA) is 71.1 Å². The standard InChI is InChI=1S/C17H28O6/c1-3-5-11-20-15(18)13-14(16(19)21-12-6-4-2)23-17(22-13)9-7-8-10-17/h13-14H,3-12H2,1-2H3/t13-,14+. The van der Waals surface area contributed by atoms with Crippen LogP contribution in [0.1, 0.15) is 65.2 Å². The van der Waals surface area contributed by atoms with Gasteiger partial charge in [0.1, 0.15) is 0 Å². The largest absolute Gasteiger partial charge is 0.464 e. The number of carbonyl (C=O) groups is 2. The van der Waals surface area contributed by atoms with Gasteiger partial charge in [0.25, 0.3) is 0 Å². The highest BCUT2D eigenvalue weighted by Crippen LogP contribution is 2.42. The molecule has 0 N–H and O–H groups in total. The molecule has 2 rings (SSSR count). The van der Waals surface area contributed by atoms with Crippen LogP contribution in [0.25, 0.3) is 0 Å². The van der Waals surface area contributed by atoms with E-state index in [-0.39, 0.29) is 0 Å². The fourth-order valence-electron chi connectivity index (χ4n) is 2.91. The zero-order valence-corrected chi connectivity index (χ0v) is 14.2. The number of carbonyl (C=O) groups excluding carboxylic acids is 2. The second kappa shape index (κ2) is 8.64. The van der Waals surface area contributed by atoms with Crippen LogP contribution in [0.4, 0.5) is 0 Å². The summed E-state index contributed by atoms with van der Waals surface area (Å²) in [7, 11) is 0. The van der Waals surface area contributed by atoms with Crippen molar-refractivity contribution in [1.29, 1.82) is 0 Å². The monoisotopic (exact) mass is 328 g/mol. The maximum Gasteiger partial charge on any atom is 0.338 e. The van der Waals surface area contributed by atoms with E-state index in [0.717, 1.165) is 38.5 Å². The van der Waals surface area contributed by atoms with Crippen LogP contribution in [0.15, 0.2) is 0 Å². The van der Waals surface area contributed by atoms with E-state index in [1.807, 2.05) is 13.8 Å². The van der Waals surface area contributed by atoms with Crippen LogP contribution in [-0.2, 0) is 28.5 Å². The van der Waals surface area contributed by atoms with Crippen molar-refractivity contribution in [1.82, 2.24) is 0 Å². The molecule has 0 aromatic heterocycles. The summed E-state index contributed by atoms with van der Waals surface area (Å²) in [4.78, 5) is 24.5. The molecule has 6 nitrogen and oxygen atoms in total. The van der Waals surface area contributed by atoms with E-state index in [4.69, 9.17) is 18.9 Å². The van der Waals surface area contributed by atoms with Crippen LogP contribution in [0.2, 0.25) is 0 Å². The number of esters is 2. The maximum absolute atomic E-state index is 12.3. The van der Waals surface area contributed by atoms with E-state index in [1.165, 1.54) is 0 Å². The fraction of sp³-hybridized carbons (Fsp3) is 0.882. The number of hydrogen-bond donors (Lipinski definition) is 0. The third-order valence-electron chi connectivity index (χ3n) is 4.27. The van der Waals surface area contributed by atoms with Gasteiger partial charge >= 0.3 is 11.9 Å². The first-order chi connectivity index (χ1) is 11.1. The summed E-state index contributed by atoms with van der Waals surface area (Å²) in [5, 5.41) is 0. The highest BCUT2D eigenvalue weighted by atomic mass is 16.8. The van der Waals surface area contributed by atoms with Crippen molar-refractivity contribution in [3.05, 3.63) is 0 Å². The van der Waals surface area contributed by atoms with Crippen LogP contribution in [-0.4, -0.2) is 43.1 Å². The first kappa shape index (κ1) is 18.2. The van der Waals surface area contributed by atoms with Crippen molar-refractivity contribution in [2.24, 2.45) is 0 Å². The third-order valence-corrected chi connectivity index (χ3v) is 4.27. The van der Waals surface area contributed by atoms with Crippen LogP contribution in [0.3, 0.4) is 0 Å². The number of hydrogen-bond acceptors (Lipinski definition) is 6. The maximum atomic E-state index is 12.3. The molecule has 6 heteroatoms. The lowest BCUT2D eigenvalue weighted by Gasteiger charge is -2.21. The van der Waals surface area contributed by atoms with Gasteiger partial charge in [-0.25, -0.2) is 9.59 Å². The Hall–Kier alpha value is -1.14. The molecule has 0 radical (unpaired) electrons. The first-order valence-electron chi connectivity index (χ1n) is 8.81. The normalized spacial score (nSPS) is 25.7. The fourth-order valence-corrected chi connectivity index (χ4v) is 2.91. The molecule has 1 saturated carbocycles. The summed E-state index contributed by atoms with van der Waals surface area (Å²) in [6, 6.07) is 0. The molecule has 2 fully saturated rings. The van der Waals surface area contributed by atoms with Gasteiger partial charge in [-0.05, 0) is 25.7 Å². The average molecular weight is 328 g/mol. The number of rotatable bonds is 8. The molecule has 132 valence electrons. The van der Waals surface area contributed by atoms with E-state index < -0.39 is 29.9 Å². The van der Waals surface area contributed by atoms with Crippen LogP contribution in [0, 0.1) is 0 Å². The molecule has 2 aliphatic rings. The van der Waals surface area contributed by atoms with Gasteiger partial charge in [0.15, 0.2) is 18.0 Å².